The van der Waals surface area contributed by atoms with Crippen LogP contribution in [0, 0.1) is 18.8 Å². The zero-order valence-electron chi connectivity index (χ0n) is 11.1. The highest BCUT2D eigenvalue weighted by molar-refractivity contribution is 5.99. The quantitative estimate of drug-likeness (QED) is 0.900. The molecule has 0 radical (unpaired) electrons. The highest BCUT2D eigenvalue weighted by Crippen LogP contribution is 2.39. The lowest BCUT2D eigenvalue weighted by Gasteiger charge is -2.06. The number of hydrogen-bond donors (Lipinski definition) is 2. The predicted octanol–water partition coefficient (Wildman–Crippen LogP) is 2.81. The summed E-state index contributed by atoms with van der Waals surface area (Å²) in [6, 6.07) is 11.8. The van der Waals surface area contributed by atoms with E-state index in [0.29, 0.717) is 12.1 Å². The molecule has 3 rings (SSSR count). The summed E-state index contributed by atoms with van der Waals surface area (Å²) < 4.78 is 0. The molecular weight excluding hydrogens is 254 g/mol. The number of anilines is 1. The van der Waals surface area contributed by atoms with Crippen LogP contribution >= 0.6 is 0 Å². The molecule has 1 aliphatic carbocycles. The van der Waals surface area contributed by atoms with Gasteiger partial charge in [0.25, 0.3) is 0 Å². The number of hydrogen-bond acceptors (Lipinski definition) is 2. The van der Waals surface area contributed by atoms with Crippen LogP contribution < -0.4 is 5.32 Å². The van der Waals surface area contributed by atoms with Crippen molar-refractivity contribution in [3.63, 3.8) is 0 Å². The molecule has 2 aromatic carbocycles. The summed E-state index contributed by atoms with van der Waals surface area (Å²) in [5.41, 5.74) is 1.90. The van der Waals surface area contributed by atoms with E-state index >= 15 is 0 Å². The second kappa shape index (κ2) is 4.63. The Kier molecular flexibility index (Phi) is 2.93. The summed E-state index contributed by atoms with van der Waals surface area (Å²) in [7, 11) is 0. The second-order valence-corrected chi connectivity index (χ2v) is 5.34. The van der Waals surface area contributed by atoms with Gasteiger partial charge >= 0.3 is 5.97 Å². The maximum absolute atomic E-state index is 11.9. The SMILES string of the molecule is Cc1ccc2cc(NC(=O)C3CC3C(=O)O)ccc2c1. The molecule has 2 aromatic rings. The van der Waals surface area contributed by atoms with Crippen molar-refractivity contribution in [1.82, 2.24) is 0 Å². The van der Waals surface area contributed by atoms with Crippen molar-refractivity contribution in [2.75, 3.05) is 5.32 Å². The molecule has 1 aliphatic rings. The van der Waals surface area contributed by atoms with Gasteiger partial charge < -0.3 is 10.4 Å². The fraction of sp³-hybridized carbons (Fsp3) is 0.250. The molecule has 0 spiro atoms. The molecular formula is C16H15NO3. The van der Waals surface area contributed by atoms with Gasteiger partial charge in [-0.25, -0.2) is 0 Å². The third-order valence-corrected chi connectivity index (χ3v) is 3.71. The number of carbonyl (C=O) groups is 2. The molecule has 0 aromatic heterocycles. The number of rotatable bonds is 3. The molecule has 0 saturated heterocycles. The fourth-order valence-electron chi connectivity index (χ4n) is 2.44. The maximum Gasteiger partial charge on any atom is 0.307 e. The number of nitrogens with one attached hydrogen (secondary N) is 1. The number of aliphatic carboxylic acids is 1. The molecule has 0 bridgehead atoms. The third kappa shape index (κ3) is 2.37. The Hall–Kier alpha value is -2.36. The third-order valence-electron chi connectivity index (χ3n) is 3.71. The lowest BCUT2D eigenvalue weighted by Crippen LogP contribution is -2.16. The fourth-order valence-corrected chi connectivity index (χ4v) is 2.44. The van der Waals surface area contributed by atoms with Gasteiger partial charge in [0.15, 0.2) is 0 Å². The van der Waals surface area contributed by atoms with E-state index in [0.717, 1.165) is 10.8 Å². The number of amides is 1. The zero-order chi connectivity index (χ0) is 14.3. The van der Waals surface area contributed by atoms with E-state index in [2.05, 4.69) is 11.4 Å². The molecule has 2 N–H and O–H groups in total. The lowest BCUT2D eigenvalue weighted by molar-refractivity contribution is -0.139. The van der Waals surface area contributed by atoms with Crippen molar-refractivity contribution >= 4 is 28.3 Å². The largest absolute Gasteiger partial charge is 0.481 e. The van der Waals surface area contributed by atoms with Crippen molar-refractivity contribution < 1.29 is 14.7 Å². The average Bonchev–Trinajstić information content (AvgIpc) is 3.19. The maximum atomic E-state index is 11.9. The van der Waals surface area contributed by atoms with E-state index in [1.165, 1.54) is 5.56 Å². The van der Waals surface area contributed by atoms with Gasteiger partial charge in [-0.1, -0.05) is 29.8 Å². The summed E-state index contributed by atoms with van der Waals surface area (Å²) in [5.74, 6) is -2.00. The molecule has 1 fully saturated rings. The van der Waals surface area contributed by atoms with E-state index in [-0.39, 0.29) is 11.8 Å². The van der Waals surface area contributed by atoms with Crippen molar-refractivity contribution in [1.29, 1.82) is 0 Å². The van der Waals surface area contributed by atoms with Crippen LogP contribution in [0.1, 0.15) is 12.0 Å². The van der Waals surface area contributed by atoms with Gasteiger partial charge in [-0.2, -0.15) is 0 Å². The monoisotopic (exact) mass is 269 g/mol. The van der Waals surface area contributed by atoms with E-state index in [4.69, 9.17) is 5.11 Å². The zero-order valence-corrected chi connectivity index (χ0v) is 11.1. The molecule has 20 heavy (non-hydrogen) atoms. The lowest BCUT2D eigenvalue weighted by atomic mass is 10.1. The Morgan fingerprint density at radius 1 is 1.10 bits per heavy atom. The minimum absolute atomic E-state index is 0.205. The summed E-state index contributed by atoms with van der Waals surface area (Å²) in [6.07, 6.45) is 0.438. The first kappa shape index (κ1) is 12.7. The molecule has 0 aliphatic heterocycles. The molecule has 1 saturated carbocycles. The molecule has 2 unspecified atom stereocenters. The second-order valence-electron chi connectivity index (χ2n) is 5.34. The van der Waals surface area contributed by atoms with Gasteiger partial charge in [0.1, 0.15) is 0 Å². The smallest absolute Gasteiger partial charge is 0.307 e. The van der Waals surface area contributed by atoms with Gasteiger partial charge in [0.2, 0.25) is 5.91 Å². The van der Waals surface area contributed by atoms with Gasteiger partial charge in [0.05, 0.1) is 11.8 Å². The van der Waals surface area contributed by atoms with Crippen LogP contribution in [0.3, 0.4) is 0 Å². The molecule has 0 heterocycles. The number of fused-ring (bicyclic) bond motifs is 1. The van der Waals surface area contributed by atoms with E-state index < -0.39 is 11.9 Å². The van der Waals surface area contributed by atoms with Crippen molar-refractivity contribution in [2.45, 2.75) is 13.3 Å². The van der Waals surface area contributed by atoms with Crippen LogP contribution in [0.4, 0.5) is 5.69 Å². The molecule has 2 atom stereocenters. The highest BCUT2D eigenvalue weighted by atomic mass is 16.4. The standard InChI is InChI=1S/C16H15NO3/c1-9-2-3-11-7-12(5-4-10(11)6-9)17-15(18)13-8-14(13)16(19)20/h2-7,13-14H,8H2,1H3,(H,17,18)(H,19,20). The highest BCUT2D eigenvalue weighted by Gasteiger charge is 2.48. The number of carbonyl (C=O) groups excluding carboxylic acids is 1. The van der Waals surface area contributed by atoms with Crippen LogP contribution in [0.2, 0.25) is 0 Å². The van der Waals surface area contributed by atoms with E-state index in [1.807, 2.05) is 37.3 Å². The molecule has 4 nitrogen and oxygen atoms in total. The Morgan fingerprint density at radius 3 is 2.50 bits per heavy atom. The van der Waals surface area contributed by atoms with Crippen molar-refractivity contribution in [3.05, 3.63) is 42.0 Å². The summed E-state index contributed by atoms with van der Waals surface area (Å²) in [6.45, 7) is 2.04. The van der Waals surface area contributed by atoms with Crippen LogP contribution in [0.5, 0.6) is 0 Å². The topological polar surface area (TPSA) is 66.4 Å². The number of carboxylic acid groups (broad SMARTS) is 1. The van der Waals surface area contributed by atoms with Crippen LogP contribution in [0.25, 0.3) is 10.8 Å². The molecule has 102 valence electrons. The average molecular weight is 269 g/mol. The number of aryl methyl sites for hydroxylation is 1. The summed E-state index contributed by atoms with van der Waals surface area (Å²) in [4.78, 5) is 22.7. The minimum Gasteiger partial charge on any atom is -0.481 e. The van der Waals surface area contributed by atoms with Crippen LogP contribution in [-0.4, -0.2) is 17.0 Å². The van der Waals surface area contributed by atoms with Crippen LogP contribution in [-0.2, 0) is 9.59 Å². The van der Waals surface area contributed by atoms with Crippen molar-refractivity contribution in [3.8, 4) is 0 Å². The van der Waals surface area contributed by atoms with Gasteiger partial charge in [0, 0.05) is 5.69 Å². The minimum atomic E-state index is -0.890. The molecule has 1 amide bonds. The molecule has 4 heteroatoms. The summed E-state index contributed by atoms with van der Waals surface area (Å²) in [5, 5.41) is 13.8. The first-order chi connectivity index (χ1) is 9.54. The Morgan fingerprint density at radius 2 is 1.80 bits per heavy atom. The van der Waals surface area contributed by atoms with Gasteiger partial charge in [-0.3, -0.25) is 9.59 Å². The van der Waals surface area contributed by atoms with Crippen molar-refractivity contribution in [2.24, 2.45) is 11.8 Å². The first-order valence-corrected chi connectivity index (χ1v) is 6.59. The van der Waals surface area contributed by atoms with E-state index in [9.17, 15) is 9.59 Å². The van der Waals surface area contributed by atoms with E-state index in [1.54, 1.807) is 0 Å². The van der Waals surface area contributed by atoms with Crippen LogP contribution in [0.15, 0.2) is 36.4 Å². The number of carboxylic acids is 1. The number of benzene rings is 2. The first-order valence-electron chi connectivity index (χ1n) is 6.59. The normalized spacial score (nSPS) is 20.6. The Balaban J connectivity index is 1.76. The van der Waals surface area contributed by atoms with Gasteiger partial charge in [-0.05, 0) is 36.2 Å². The Labute approximate surface area is 116 Å². The Bertz CT molecular complexity index is 708. The summed E-state index contributed by atoms with van der Waals surface area (Å²) >= 11 is 0. The predicted molar refractivity (Wildman–Crippen MR) is 76.5 cm³/mol. The van der Waals surface area contributed by atoms with Gasteiger partial charge in [-0.15, -0.1) is 0 Å².